The maximum atomic E-state index is 5.54. The van der Waals surface area contributed by atoms with Crippen molar-refractivity contribution in [1.29, 1.82) is 0 Å². The van der Waals surface area contributed by atoms with Gasteiger partial charge in [-0.25, -0.2) is 4.99 Å². The van der Waals surface area contributed by atoms with Crippen molar-refractivity contribution in [3.05, 3.63) is 24.3 Å². The number of hydrogen-bond donors (Lipinski definition) is 1. The van der Waals surface area contributed by atoms with E-state index in [1.54, 1.807) is 0 Å². The number of amidine groups is 1. The fraction of sp³-hybridized carbons (Fsp3) is 0.364. The van der Waals surface area contributed by atoms with Crippen molar-refractivity contribution in [1.82, 2.24) is 5.32 Å². The summed E-state index contributed by atoms with van der Waals surface area (Å²) in [6.07, 6.45) is 1.10. The van der Waals surface area contributed by atoms with Crippen molar-refractivity contribution in [3.63, 3.8) is 0 Å². The molecule has 1 aromatic rings. The minimum atomic E-state index is 0.553. The summed E-state index contributed by atoms with van der Waals surface area (Å²) in [5, 5.41) is 3.24. The minimum absolute atomic E-state index is 0.553. The third-order valence-corrected chi connectivity index (χ3v) is 2.06. The molecule has 1 aliphatic heterocycles. The molecule has 1 N–H and O–H groups in total. The summed E-state index contributed by atoms with van der Waals surface area (Å²) in [6.45, 7) is 3.63. The zero-order valence-corrected chi connectivity index (χ0v) is 8.29. The molecule has 0 saturated heterocycles. The molecule has 1 heterocycles. The summed E-state index contributed by atoms with van der Waals surface area (Å²) in [4.78, 5) is 4.46. The van der Waals surface area contributed by atoms with Crippen molar-refractivity contribution in [2.75, 3.05) is 13.2 Å². The molecule has 0 atom stereocenters. The molecular weight excluding hydrogens is 176 g/mol. The second kappa shape index (κ2) is 4.13. The van der Waals surface area contributed by atoms with Crippen LogP contribution in [0, 0.1) is 0 Å². The molecule has 3 heteroatoms. The van der Waals surface area contributed by atoms with Crippen LogP contribution < -0.4 is 10.1 Å². The van der Waals surface area contributed by atoms with Crippen molar-refractivity contribution in [3.8, 4) is 5.75 Å². The van der Waals surface area contributed by atoms with Gasteiger partial charge in [0.05, 0.1) is 0 Å². The van der Waals surface area contributed by atoms with Crippen molar-refractivity contribution in [2.45, 2.75) is 13.3 Å². The van der Waals surface area contributed by atoms with Gasteiger partial charge in [-0.15, -0.1) is 0 Å². The van der Waals surface area contributed by atoms with Crippen molar-refractivity contribution < 1.29 is 4.74 Å². The molecule has 0 radical (unpaired) electrons. The normalized spacial score (nSPS) is 13.9. The van der Waals surface area contributed by atoms with E-state index in [1.807, 2.05) is 24.3 Å². The monoisotopic (exact) mass is 190 g/mol. The molecule has 0 saturated carbocycles. The molecule has 74 valence electrons. The number of para-hydroxylation sites is 2. The van der Waals surface area contributed by atoms with Gasteiger partial charge >= 0.3 is 0 Å². The summed E-state index contributed by atoms with van der Waals surface area (Å²) in [7, 11) is 0. The summed E-state index contributed by atoms with van der Waals surface area (Å²) in [6, 6.07) is 7.82. The third kappa shape index (κ3) is 1.87. The second-order valence-corrected chi connectivity index (χ2v) is 3.24. The topological polar surface area (TPSA) is 33.6 Å². The molecule has 0 unspecified atom stereocenters. The third-order valence-electron chi connectivity index (χ3n) is 2.06. The van der Waals surface area contributed by atoms with Gasteiger partial charge in [0.2, 0.25) is 0 Å². The van der Waals surface area contributed by atoms with Crippen LogP contribution in [0.5, 0.6) is 5.75 Å². The summed E-state index contributed by atoms with van der Waals surface area (Å²) in [5.41, 5.74) is 0.914. The van der Waals surface area contributed by atoms with E-state index in [2.05, 4.69) is 17.2 Å². The van der Waals surface area contributed by atoms with Crippen LogP contribution >= 0.6 is 0 Å². The van der Waals surface area contributed by atoms with Crippen LogP contribution in [0.3, 0.4) is 0 Å². The first-order chi connectivity index (χ1) is 6.90. The van der Waals surface area contributed by atoms with Gasteiger partial charge in [-0.3, -0.25) is 0 Å². The molecule has 0 aliphatic carbocycles. The molecule has 2 rings (SSSR count). The van der Waals surface area contributed by atoms with Crippen molar-refractivity contribution in [2.24, 2.45) is 4.99 Å². The number of rotatable bonds is 2. The lowest BCUT2D eigenvalue weighted by Crippen LogP contribution is -2.31. The van der Waals surface area contributed by atoms with Gasteiger partial charge in [-0.2, -0.15) is 0 Å². The Kier molecular flexibility index (Phi) is 2.68. The van der Waals surface area contributed by atoms with Gasteiger partial charge in [0.1, 0.15) is 23.9 Å². The second-order valence-electron chi connectivity index (χ2n) is 3.24. The van der Waals surface area contributed by atoms with Crippen LogP contribution in [0.2, 0.25) is 0 Å². The van der Waals surface area contributed by atoms with Gasteiger partial charge in [0, 0.05) is 6.54 Å². The van der Waals surface area contributed by atoms with Gasteiger partial charge in [0.25, 0.3) is 0 Å². The number of nitrogens with zero attached hydrogens (tertiary/aromatic N) is 1. The Morgan fingerprint density at radius 2 is 2.29 bits per heavy atom. The highest BCUT2D eigenvalue weighted by Crippen LogP contribution is 2.29. The Hall–Kier alpha value is -1.51. The van der Waals surface area contributed by atoms with Crippen LogP contribution in [-0.4, -0.2) is 19.0 Å². The van der Waals surface area contributed by atoms with Gasteiger partial charge in [-0.05, 0) is 18.6 Å². The Balaban J connectivity index is 2.14. The molecule has 1 aliphatic rings. The average molecular weight is 190 g/mol. The summed E-state index contributed by atoms with van der Waals surface area (Å²) in [5.74, 6) is 1.79. The largest absolute Gasteiger partial charge is 0.483 e. The average Bonchev–Trinajstić information content (AvgIpc) is 2.26. The Morgan fingerprint density at radius 1 is 1.43 bits per heavy atom. The SMILES string of the molecule is CCCNC1=Nc2ccccc2OC1. The van der Waals surface area contributed by atoms with Crippen LogP contribution in [-0.2, 0) is 0 Å². The Bertz CT molecular complexity index is 347. The highest BCUT2D eigenvalue weighted by atomic mass is 16.5. The number of ether oxygens (including phenoxy) is 1. The standard InChI is InChI=1S/C11H14N2O/c1-2-7-12-11-8-14-10-6-4-3-5-9(10)13-11/h3-6H,2,7-8H2,1H3,(H,12,13). The van der Waals surface area contributed by atoms with Crippen LogP contribution in [0.15, 0.2) is 29.3 Å². The Morgan fingerprint density at radius 3 is 3.14 bits per heavy atom. The zero-order chi connectivity index (χ0) is 9.80. The van der Waals surface area contributed by atoms with E-state index in [1.165, 1.54) is 0 Å². The first-order valence-electron chi connectivity index (χ1n) is 4.93. The number of hydrogen-bond acceptors (Lipinski definition) is 3. The number of benzene rings is 1. The van der Waals surface area contributed by atoms with E-state index in [0.29, 0.717) is 6.61 Å². The maximum Gasteiger partial charge on any atom is 0.146 e. The number of nitrogens with one attached hydrogen (secondary N) is 1. The van der Waals surface area contributed by atoms with Gasteiger partial charge in [-0.1, -0.05) is 19.1 Å². The molecule has 0 aromatic heterocycles. The highest BCUT2D eigenvalue weighted by Gasteiger charge is 2.10. The van der Waals surface area contributed by atoms with E-state index in [9.17, 15) is 0 Å². The van der Waals surface area contributed by atoms with E-state index >= 15 is 0 Å². The molecular formula is C11H14N2O. The molecule has 3 nitrogen and oxygen atoms in total. The van der Waals surface area contributed by atoms with E-state index in [4.69, 9.17) is 4.74 Å². The van der Waals surface area contributed by atoms with Crippen LogP contribution in [0.25, 0.3) is 0 Å². The van der Waals surface area contributed by atoms with Gasteiger partial charge in [0.15, 0.2) is 0 Å². The Labute approximate surface area is 83.8 Å². The number of fused-ring (bicyclic) bond motifs is 1. The lowest BCUT2D eigenvalue weighted by atomic mass is 10.3. The molecule has 14 heavy (non-hydrogen) atoms. The fourth-order valence-electron chi connectivity index (χ4n) is 1.36. The van der Waals surface area contributed by atoms with E-state index in [-0.39, 0.29) is 0 Å². The fourth-order valence-corrected chi connectivity index (χ4v) is 1.36. The summed E-state index contributed by atoms with van der Waals surface area (Å²) < 4.78 is 5.54. The first-order valence-corrected chi connectivity index (χ1v) is 4.93. The van der Waals surface area contributed by atoms with Crippen LogP contribution in [0.1, 0.15) is 13.3 Å². The zero-order valence-electron chi connectivity index (χ0n) is 8.29. The van der Waals surface area contributed by atoms with E-state index in [0.717, 1.165) is 30.2 Å². The first kappa shape index (κ1) is 9.06. The predicted molar refractivity (Wildman–Crippen MR) is 57.3 cm³/mol. The molecule has 0 spiro atoms. The predicted octanol–water partition coefficient (Wildman–Crippen LogP) is 2.11. The smallest absolute Gasteiger partial charge is 0.146 e. The van der Waals surface area contributed by atoms with Gasteiger partial charge < -0.3 is 10.1 Å². The number of aliphatic imine (C=N–C) groups is 1. The molecule has 0 bridgehead atoms. The maximum absolute atomic E-state index is 5.54. The van der Waals surface area contributed by atoms with E-state index < -0.39 is 0 Å². The molecule has 1 aromatic carbocycles. The molecule has 0 fully saturated rings. The quantitative estimate of drug-likeness (QED) is 0.774. The summed E-state index contributed by atoms with van der Waals surface area (Å²) >= 11 is 0. The van der Waals surface area contributed by atoms with Crippen LogP contribution in [0.4, 0.5) is 5.69 Å². The molecule has 0 amide bonds. The lowest BCUT2D eigenvalue weighted by Gasteiger charge is -2.17. The van der Waals surface area contributed by atoms with Crippen molar-refractivity contribution >= 4 is 11.5 Å². The highest BCUT2D eigenvalue weighted by molar-refractivity contribution is 5.88. The lowest BCUT2D eigenvalue weighted by molar-refractivity contribution is 0.367. The minimum Gasteiger partial charge on any atom is -0.483 e.